The summed E-state index contributed by atoms with van der Waals surface area (Å²) in [5.41, 5.74) is 3.06. The molecule has 0 fully saturated rings. The van der Waals surface area contributed by atoms with E-state index in [1.807, 2.05) is 6.07 Å². The van der Waals surface area contributed by atoms with Gasteiger partial charge in [-0.2, -0.15) is 13.2 Å². The first-order valence-electron chi connectivity index (χ1n) is 11.5. The smallest absolute Gasteiger partial charge is 0.352 e. The average Bonchev–Trinajstić information content (AvgIpc) is 3.16. The summed E-state index contributed by atoms with van der Waals surface area (Å²) in [5, 5.41) is 2.86. The van der Waals surface area contributed by atoms with Crippen LogP contribution in [-0.4, -0.2) is 27.3 Å². The molecule has 0 saturated heterocycles. The van der Waals surface area contributed by atoms with E-state index in [4.69, 9.17) is 0 Å². The average molecular weight is 485 g/mol. The molecule has 35 heavy (non-hydrogen) atoms. The van der Waals surface area contributed by atoms with Crippen molar-refractivity contribution in [3.8, 4) is 0 Å². The Morgan fingerprint density at radius 1 is 1.17 bits per heavy atom. The Morgan fingerprint density at radius 3 is 2.57 bits per heavy atom. The normalized spacial score (nSPS) is 15.9. The van der Waals surface area contributed by atoms with E-state index in [0.717, 1.165) is 34.5 Å². The van der Waals surface area contributed by atoms with E-state index in [0.29, 0.717) is 31.6 Å². The monoisotopic (exact) mass is 484 g/mol. The van der Waals surface area contributed by atoms with Gasteiger partial charge < -0.3 is 10.3 Å². The first-order valence-corrected chi connectivity index (χ1v) is 11.5. The lowest BCUT2D eigenvalue weighted by atomic mass is 9.99. The van der Waals surface area contributed by atoms with Crippen LogP contribution in [0.15, 0.2) is 59.7 Å². The van der Waals surface area contributed by atoms with Gasteiger partial charge in [-0.3, -0.25) is 19.5 Å². The first kappa shape index (κ1) is 24.7. The molecule has 0 spiro atoms. The molecule has 4 rings (SSSR count). The summed E-state index contributed by atoms with van der Waals surface area (Å²) in [7, 11) is 0. The number of nitrogens with one attached hydrogen (secondary N) is 2. The summed E-state index contributed by atoms with van der Waals surface area (Å²) in [6.45, 7) is 5.58. The maximum atomic E-state index is 12.9. The van der Waals surface area contributed by atoms with Gasteiger partial charge >= 0.3 is 6.18 Å². The van der Waals surface area contributed by atoms with Crippen LogP contribution in [0.4, 0.5) is 13.2 Å². The predicted octanol–water partition coefficient (Wildman–Crippen LogP) is 4.47. The maximum Gasteiger partial charge on any atom is 0.416 e. The Balaban J connectivity index is 1.44. The van der Waals surface area contributed by atoms with E-state index >= 15 is 0 Å². The highest BCUT2D eigenvalue weighted by molar-refractivity contribution is 5.94. The minimum absolute atomic E-state index is 0.000534. The molecule has 184 valence electrons. The van der Waals surface area contributed by atoms with E-state index in [1.54, 1.807) is 18.5 Å². The van der Waals surface area contributed by atoms with Crippen molar-refractivity contribution < 1.29 is 18.0 Å². The fraction of sp³-hybridized carbons (Fsp3) is 0.346. The van der Waals surface area contributed by atoms with E-state index in [9.17, 15) is 22.8 Å². The van der Waals surface area contributed by atoms with E-state index in [2.05, 4.69) is 34.0 Å². The number of H-pyrrole nitrogens is 1. The molecule has 1 amide bonds. The van der Waals surface area contributed by atoms with Gasteiger partial charge in [0.1, 0.15) is 0 Å². The molecular formula is C26H27F3N4O2. The molecule has 0 radical (unpaired) electrons. The molecule has 1 aliphatic rings. The highest BCUT2D eigenvalue weighted by atomic mass is 19.4. The van der Waals surface area contributed by atoms with Crippen molar-refractivity contribution in [2.75, 3.05) is 6.54 Å². The number of hydrogen-bond acceptors (Lipinski definition) is 4. The number of alkyl halides is 3. The number of rotatable bonds is 7. The molecule has 0 bridgehead atoms. The van der Waals surface area contributed by atoms with Gasteiger partial charge in [-0.25, -0.2) is 0 Å². The third kappa shape index (κ3) is 5.79. The van der Waals surface area contributed by atoms with Gasteiger partial charge in [0.25, 0.3) is 5.91 Å². The predicted molar refractivity (Wildman–Crippen MR) is 126 cm³/mol. The van der Waals surface area contributed by atoms with Gasteiger partial charge in [0.15, 0.2) is 0 Å². The fourth-order valence-corrected chi connectivity index (χ4v) is 4.52. The van der Waals surface area contributed by atoms with Crippen molar-refractivity contribution >= 4 is 5.91 Å². The van der Waals surface area contributed by atoms with Gasteiger partial charge in [-0.15, -0.1) is 0 Å². The second-order valence-electron chi connectivity index (χ2n) is 9.12. The third-order valence-corrected chi connectivity index (χ3v) is 6.15. The Hall–Kier alpha value is -3.46. The van der Waals surface area contributed by atoms with Gasteiger partial charge in [-0.1, -0.05) is 26.0 Å². The maximum absolute atomic E-state index is 12.9. The van der Waals surface area contributed by atoms with Crippen molar-refractivity contribution in [3.63, 3.8) is 0 Å². The Kier molecular flexibility index (Phi) is 7.07. The Bertz CT molecular complexity index is 1250. The zero-order chi connectivity index (χ0) is 25.2. The zero-order valence-electron chi connectivity index (χ0n) is 19.5. The molecule has 1 aliphatic heterocycles. The fourth-order valence-electron chi connectivity index (χ4n) is 4.52. The van der Waals surface area contributed by atoms with Crippen molar-refractivity contribution in [1.82, 2.24) is 20.2 Å². The molecule has 0 saturated carbocycles. The highest BCUT2D eigenvalue weighted by Crippen LogP contribution is 2.39. The molecule has 0 aliphatic carbocycles. The molecule has 6 nitrogen and oxygen atoms in total. The summed E-state index contributed by atoms with van der Waals surface area (Å²) in [6.07, 6.45) is -0.684. The van der Waals surface area contributed by atoms with Crippen LogP contribution in [0.1, 0.15) is 58.2 Å². The van der Waals surface area contributed by atoms with Crippen molar-refractivity contribution in [1.29, 1.82) is 0 Å². The molecule has 1 aromatic carbocycles. The lowest BCUT2D eigenvalue weighted by Gasteiger charge is -2.27. The van der Waals surface area contributed by atoms with Crippen molar-refractivity contribution in [2.24, 2.45) is 5.92 Å². The van der Waals surface area contributed by atoms with Gasteiger partial charge in [0, 0.05) is 38.1 Å². The van der Waals surface area contributed by atoms with Crippen LogP contribution in [0.5, 0.6) is 0 Å². The summed E-state index contributed by atoms with van der Waals surface area (Å²) >= 11 is 0. The molecule has 9 heteroatoms. The number of hydrogen-bond donors (Lipinski definition) is 2. The van der Waals surface area contributed by atoms with E-state index in [1.165, 1.54) is 18.2 Å². The number of pyridine rings is 2. The molecule has 3 aromatic rings. The van der Waals surface area contributed by atoms with Crippen LogP contribution in [-0.2, 0) is 25.7 Å². The minimum atomic E-state index is -4.36. The molecule has 1 atom stereocenters. The molecule has 2 N–H and O–H groups in total. The van der Waals surface area contributed by atoms with Crippen LogP contribution in [0.25, 0.3) is 0 Å². The van der Waals surface area contributed by atoms with Crippen LogP contribution >= 0.6 is 0 Å². The van der Waals surface area contributed by atoms with Gasteiger partial charge in [-0.05, 0) is 53.3 Å². The number of benzene rings is 1. The van der Waals surface area contributed by atoms with E-state index in [-0.39, 0.29) is 23.4 Å². The number of amides is 1. The number of nitrogens with zero attached hydrogens (tertiary/aromatic N) is 2. The molecule has 1 unspecified atom stereocenters. The van der Waals surface area contributed by atoms with Crippen LogP contribution in [0.3, 0.4) is 0 Å². The number of halogens is 3. The van der Waals surface area contributed by atoms with Crippen LogP contribution in [0, 0.1) is 5.92 Å². The second-order valence-corrected chi connectivity index (χ2v) is 9.12. The minimum Gasteiger partial charge on any atom is -0.352 e. The standard InChI is InChI=1S/C26H27F3N4O2/c1-16(2)24-23-20(15-33(24)14-18-3-5-21(6-4-18)26(27,28)29)12-19(13-32-23)25(35)31-10-8-17-7-9-30-22(34)11-17/h3-7,9,11-13,16,24H,8,10,14-15H2,1-2H3,(H,30,34)(H,31,35). The molecule has 2 aromatic heterocycles. The topological polar surface area (TPSA) is 78.1 Å². The Morgan fingerprint density at radius 2 is 1.91 bits per heavy atom. The van der Waals surface area contributed by atoms with Crippen LogP contribution in [0.2, 0.25) is 0 Å². The number of fused-ring (bicyclic) bond motifs is 1. The number of carbonyl (C=O) groups excluding carboxylic acids is 1. The largest absolute Gasteiger partial charge is 0.416 e. The summed E-state index contributed by atoms with van der Waals surface area (Å²) < 4.78 is 38.7. The van der Waals surface area contributed by atoms with Crippen LogP contribution < -0.4 is 10.9 Å². The Labute approximate surface area is 201 Å². The lowest BCUT2D eigenvalue weighted by molar-refractivity contribution is -0.137. The number of aromatic amines is 1. The summed E-state index contributed by atoms with van der Waals surface area (Å²) in [4.78, 5) is 33.4. The summed E-state index contributed by atoms with van der Waals surface area (Å²) in [5.74, 6) is -0.0145. The zero-order valence-corrected chi connectivity index (χ0v) is 19.5. The van der Waals surface area contributed by atoms with Gasteiger partial charge in [0.05, 0.1) is 22.9 Å². The molecular weight excluding hydrogens is 457 g/mol. The second kappa shape index (κ2) is 10.0. The SMILES string of the molecule is CC(C)C1c2ncc(C(=O)NCCc3cc[nH]c(=O)c3)cc2CN1Cc1ccc(C(F)(F)F)cc1. The highest BCUT2D eigenvalue weighted by Gasteiger charge is 2.35. The summed E-state index contributed by atoms with van der Waals surface area (Å²) in [6, 6.07) is 10.4. The number of carbonyl (C=O) groups is 1. The van der Waals surface area contributed by atoms with E-state index < -0.39 is 11.7 Å². The molecule has 3 heterocycles. The van der Waals surface area contributed by atoms with Crippen molar-refractivity contribution in [3.05, 3.63) is 98.7 Å². The first-order chi connectivity index (χ1) is 16.6. The number of aromatic nitrogens is 2. The lowest BCUT2D eigenvalue weighted by Crippen LogP contribution is -2.26. The third-order valence-electron chi connectivity index (χ3n) is 6.15. The van der Waals surface area contributed by atoms with Crippen molar-refractivity contribution in [2.45, 2.75) is 45.6 Å². The van der Waals surface area contributed by atoms with Gasteiger partial charge in [0.2, 0.25) is 5.56 Å². The quantitative estimate of drug-likeness (QED) is 0.519.